The second-order valence-corrected chi connectivity index (χ2v) is 4.52. The zero-order valence-corrected chi connectivity index (χ0v) is 9.74. The number of imidazole rings is 1. The molecule has 0 radical (unpaired) electrons. The lowest BCUT2D eigenvalue weighted by Crippen LogP contribution is -2.08. The van der Waals surface area contributed by atoms with Crippen molar-refractivity contribution in [1.82, 2.24) is 19.9 Å². The van der Waals surface area contributed by atoms with Crippen LogP contribution >= 0.6 is 15.9 Å². The van der Waals surface area contributed by atoms with Crippen molar-refractivity contribution in [2.24, 2.45) is 0 Å². The molecule has 0 aromatic carbocycles. The van der Waals surface area contributed by atoms with Gasteiger partial charge in [0.1, 0.15) is 4.60 Å². The Balaban J connectivity index is 2.14. The van der Waals surface area contributed by atoms with Crippen LogP contribution in [0.2, 0.25) is 0 Å². The molecule has 1 atom stereocenters. The van der Waals surface area contributed by atoms with Gasteiger partial charge < -0.3 is 5.32 Å². The van der Waals surface area contributed by atoms with Crippen LogP contribution < -0.4 is 5.32 Å². The van der Waals surface area contributed by atoms with Crippen LogP contribution in [0.4, 0.5) is 0 Å². The Kier molecular flexibility index (Phi) is 2.21. The molecule has 0 saturated carbocycles. The summed E-state index contributed by atoms with van der Waals surface area (Å²) in [6, 6.07) is 3.88. The van der Waals surface area contributed by atoms with Gasteiger partial charge >= 0.3 is 0 Å². The normalized spacial score (nSPS) is 21.3. The fourth-order valence-electron chi connectivity index (χ4n) is 2.03. The molecule has 78 valence electrons. The highest BCUT2D eigenvalue weighted by molar-refractivity contribution is 9.10. The van der Waals surface area contributed by atoms with Crippen LogP contribution in [0, 0.1) is 0 Å². The van der Waals surface area contributed by atoms with E-state index in [1.54, 1.807) is 6.20 Å². The van der Waals surface area contributed by atoms with Crippen molar-refractivity contribution in [2.75, 3.05) is 13.1 Å². The highest BCUT2D eigenvalue weighted by atomic mass is 79.9. The van der Waals surface area contributed by atoms with E-state index < -0.39 is 0 Å². The summed E-state index contributed by atoms with van der Waals surface area (Å²) in [4.78, 5) is 4.61. The Morgan fingerprint density at radius 1 is 1.53 bits per heavy atom. The van der Waals surface area contributed by atoms with Gasteiger partial charge in [0.2, 0.25) is 0 Å². The highest BCUT2D eigenvalue weighted by Gasteiger charge is 2.23. The van der Waals surface area contributed by atoms with Crippen LogP contribution in [0.1, 0.15) is 18.0 Å². The van der Waals surface area contributed by atoms with Gasteiger partial charge in [0.25, 0.3) is 0 Å². The number of hydrogen-bond acceptors (Lipinski definition) is 3. The molecule has 1 aliphatic heterocycles. The molecule has 0 aliphatic carbocycles. The van der Waals surface area contributed by atoms with E-state index in [-0.39, 0.29) is 0 Å². The summed E-state index contributed by atoms with van der Waals surface area (Å²) >= 11 is 3.57. The van der Waals surface area contributed by atoms with Crippen LogP contribution in [-0.2, 0) is 0 Å². The smallest absolute Gasteiger partial charge is 0.155 e. The third kappa shape index (κ3) is 1.46. The Labute approximate surface area is 95.8 Å². The number of rotatable bonds is 1. The number of nitrogens with zero attached hydrogens (tertiary/aromatic N) is 3. The van der Waals surface area contributed by atoms with Crippen LogP contribution in [0.25, 0.3) is 5.65 Å². The largest absolute Gasteiger partial charge is 0.316 e. The van der Waals surface area contributed by atoms with Crippen molar-refractivity contribution < 1.29 is 0 Å². The molecule has 4 nitrogen and oxygen atoms in total. The molecule has 0 spiro atoms. The lowest BCUT2D eigenvalue weighted by atomic mass is 10.1. The third-order valence-electron chi connectivity index (χ3n) is 2.81. The molecule has 1 unspecified atom stereocenters. The fraction of sp³-hybridized carbons (Fsp3) is 0.400. The first kappa shape index (κ1) is 9.30. The first-order valence-corrected chi connectivity index (χ1v) is 5.85. The van der Waals surface area contributed by atoms with E-state index in [1.807, 2.05) is 16.6 Å². The first-order valence-electron chi connectivity index (χ1n) is 5.06. The number of halogens is 1. The summed E-state index contributed by atoms with van der Waals surface area (Å²) < 4.78 is 2.83. The van der Waals surface area contributed by atoms with Crippen LogP contribution in [-0.4, -0.2) is 27.7 Å². The minimum Gasteiger partial charge on any atom is -0.316 e. The minimum atomic E-state index is 0.515. The van der Waals surface area contributed by atoms with E-state index in [2.05, 4.69) is 31.3 Å². The van der Waals surface area contributed by atoms with E-state index in [9.17, 15) is 0 Å². The van der Waals surface area contributed by atoms with Crippen molar-refractivity contribution in [1.29, 1.82) is 0 Å². The molecule has 3 heterocycles. The number of fused-ring (bicyclic) bond motifs is 1. The second-order valence-electron chi connectivity index (χ2n) is 3.77. The number of nitrogens with one attached hydrogen (secondary N) is 1. The summed E-state index contributed by atoms with van der Waals surface area (Å²) in [6.45, 7) is 2.10. The Morgan fingerprint density at radius 2 is 2.47 bits per heavy atom. The maximum atomic E-state index is 4.61. The molecule has 1 aliphatic rings. The van der Waals surface area contributed by atoms with Crippen LogP contribution in [0.15, 0.2) is 22.9 Å². The fourth-order valence-corrected chi connectivity index (χ4v) is 2.71. The quantitative estimate of drug-likeness (QED) is 0.852. The van der Waals surface area contributed by atoms with Crippen molar-refractivity contribution in [3.8, 4) is 0 Å². The van der Waals surface area contributed by atoms with E-state index in [4.69, 9.17) is 0 Å². The van der Waals surface area contributed by atoms with E-state index in [0.29, 0.717) is 5.92 Å². The van der Waals surface area contributed by atoms with Gasteiger partial charge in [0.15, 0.2) is 5.65 Å². The van der Waals surface area contributed by atoms with Crippen LogP contribution in [0.5, 0.6) is 0 Å². The Morgan fingerprint density at radius 3 is 3.20 bits per heavy atom. The highest BCUT2D eigenvalue weighted by Crippen LogP contribution is 2.28. The van der Waals surface area contributed by atoms with Crippen molar-refractivity contribution in [2.45, 2.75) is 12.3 Å². The summed E-state index contributed by atoms with van der Waals surface area (Å²) in [5.74, 6) is 0.515. The van der Waals surface area contributed by atoms with E-state index in [0.717, 1.165) is 35.5 Å². The molecule has 1 N–H and O–H groups in total. The number of aromatic nitrogens is 3. The lowest BCUT2D eigenvalue weighted by Gasteiger charge is -2.03. The van der Waals surface area contributed by atoms with Gasteiger partial charge in [0.05, 0.1) is 5.69 Å². The molecule has 15 heavy (non-hydrogen) atoms. The SMILES string of the molecule is Brc1c(C2CCNC2)nc2cccnn12. The predicted molar refractivity (Wildman–Crippen MR) is 60.9 cm³/mol. The molecular weight excluding hydrogens is 256 g/mol. The molecule has 3 rings (SSSR count). The van der Waals surface area contributed by atoms with Crippen molar-refractivity contribution in [3.05, 3.63) is 28.6 Å². The lowest BCUT2D eigenvalue weighted by molar-refractivity contribution is 0.734. The first-order chi connectivity index (χ1) is 7.36. The third-order valence-corrected chi connectivity index (χ3v) is 3.55. The summed E-state index contributed by atoms with van der Waals surface area (Å²) in [5.41, 5.74) is 2.03. The maximum absolute atomic E-state index is 4.61. The van der Waals surface area contributed by atoms with Gasteiger partial charge in [-0.3, -0.25) is 0 Å². The monoisotopic (exact) mass is 266 g/mol. The molecule has 2 aromatic rings. The zero-order chi connectivity index (χ0) is 10.3. The summed E-state index contributed by atoms with van der Waals surface area (Å²) in [6.07, 6.45) is 2.93. The Bertz CT molecular complexity index is 487. The van der Waals surface area contributed by atoms with E-state index in [1.165, 1.54) is 0 Å². The van der Waals surface area contributed by atoms with Gasteiger partial charge in [-0.15, -0.1) is 0 Å². The van der Waals surface area contributed by atoms with Gasteiger partial charge in [-0.25, -0.2) is 9.50 Å². The minimum absolute atomic E-state index is 0.515. The van der Waals surface area contributed by atoms with Gasteiger partial charge in [-0.1, -0.05) is 0 Å². The van der Waals surface area contributed by atoms with Gasteiger partial charge in [-0.2, -0.15) is 5.10 Å². The molecule has 1 saturated heterocycles. The van der Waals surface area contributed by atoms with E-state index >= 15 is 0 Å². The van der Waals surface area contributed by atoms with Crippen molar-refractivity contribution in [3.63, 3.8) is 0 Å². The van der Waals surface area contributed by atoms with Crippen molar-refractivity contribution >= 4 is 21.6 Å². The second kappa shape index (κ2) is 3.57. The number of hydrogen-bond donors (Lipinski definition) is 1. The zero-order valence-electron chi connectivity index (χ0n) is 8.15. The topological polar surface area (TPSA) is 42.2 Å². The molecule has 0 bridgehead atoms. The molecule has 1 fully saturated rings. The summed E-state index contributed by atoms with van der Waals surface area (Å²) in [5, 5.41) is 7.61. The Hall–Kier alpha value is -0.940. The summed E-state index contributed by atoms with van der Waals surface area (Å²) in [7, 11) is 0. The maximum Gasteiger partial charge on any atom is 0.155 e. The van der Waals surface area contributed by atoms with Gasteiger partial charge in [0, 0.05) is 18.7 Å². The molecule has 2 aromatic heterocycles. The molecule has 5 heteroatoms. The standard InChI is InChI=1S/C10H11BrN4/c11-10-9(7-3-5-12-6-7)14-8-2-1-4-13-15(8)10/h1-2,4,7,12H,3,5-6H2. The van der Waals surface area contributed by atoms with Crippen LogP contribution in [0.3, 0.4) is 0 Å². The average Bonchev–Trinajstić information content (AvgIpc) is 2.87. The molecule has 0 amide bonds. The molecular formula is C10H11BrN4. The average molecular weight is 267 g/mol. The van der Waals surface area contributed by atoms with Gasteiger partial charge in [-0.05, 0) is 41.0 Å². The predicted octanol–water partition coefficient (Wildman–Crippen LogP) is 1.57.